The fraction of sp³-hybridized carbons (Fsp3) is 0.522. The minimum atomic E-state index is -0.230. The van der Waals surface area contributed by atoms with Gasteiger partial charge >= 0.3 is 0 Å². The van der Waals surface area contributed by atoms with Crippen molar-refractivity contribution in [3.63, 3.8) is 0 Å². The maximum absolute atomic E-state index is 13.1. The minimum absolute atomic E-state index is 0.0969. The number of carbonyl (C=O) groups excluding carboxylic acids is 2. The molecule has 0 aromatic carbocycles. The summed E-state index contributed by atoms with van der Waals surface area (Å²) in [7, 11) is 0. The van der Waals surface area contributed by atoms with Gasteiger partial charge in [0, 0.05) is 57.3 Å². The molecule has 7 nitrogen and oxygen atoms in total. The van der Waals surface area contributed by atoms with Crippen LogP contribution < -0.4 is 10.9 Å². The summed E-state index contributed by atoms with van der Waals surface area (Å²) in [6.07, 6.45) is 3.17. The van der Waals surface area contributed by atoms with Crippen LogP contribution >= 0.6 is 11.3 Å². The molecule has 1 N–H and O–H groups in total. The summed E-state index contributed by atoms with van der Waals surface area (Å²) in [6.45, 7) is 6.00. The van der Waals surface area contributed by atoms with Crippen LogP contribution in [0.2, 0.25) is 0 Å². The van der Waals surface area contributed by atoms with Gasteiger partial charge < -0.3 is 14.8 Å². The van der Waals surface area contributed by atoms with Gasteiger partial charge in [-0.25, -0.2) is 0 Å². The van der Waals surface area contributed by atoms with E-state index in [-0.39, 0.29) is 17.4 Å². The Morgan fingerprint density at radius 3 is 2.61 bits per heavy atom. The number of hydrogen-bond donors (Lipinski definition) is 1. The van der Waals surface area contributed by atoms with Crippen LogP contribution in [0.5, 0.6) is 0 Å². The lowest BCUT2D eigenvalue weighted by molar-refractivity contribution is -0.130. The van der Waals surface area contributed by atoms with Crippen molar-refractivity contribution in [1.82, 2.24) is 14.4 Å². The molecule has 164 valence electrons. The molecule has 8 heteroatoms. The Balaban J connectivity index is 1.31. The molecule has 3 aliphatic heterocycles. The molecule has 3 aliphatic rings. The van der Waals surface area contributed by atoms with Gasteiger partial charge in [0.05, 0.1) is 4.88 Å². The molecule has 2 amide bonds. The van der Waals surface area contributed by atoms with Crippen LogP contribution in [0.25, 0.3) is 0 Å². The van der Waals surface area contributed by atoms with Gasteiger partial charge in [-0.05, 0) is 48.8 Å². The third-order valence-corrected chi connectivity index (χ3v) is 7.92. The second-order valence-corrected chi connectivity index (χ2v) is 9.96. The third-order valence-electron chi connectivity index (χ3n) is 7.05. The van der Waals surface area contributed by atoms with E-state index in [4.69, 9.17) is 0 Å². The van der Waals surface area contributed by atoms with Gasteiger partial charge in [-0.1, -0.05) is 6.07 Å². The minimum Gasteiger partial charge on any atom is -0.343 e. The molecule has 2 aromatic heterocycles. The van der Waals surface area contributed by atoms with Crippen molar-refractivity contribution in [3.05, 3.63) is 50.6 Å². The molecule has 5 rings (SSSR count). The Kier molecular flexibility index (Phi) is 5.44. The van der Waals surface area contributed by atoms with Gasteiger partial charge in [-0.2, -0.15) is 0 Å². The molecule has 0 saturated carbocycles. The van der Waals surface area contributed by atoms with E-state index in [0.29, 0.717) is 35.0 Å². The lowest BCUT2D eigenvalue weighted by Gasteiger charge is -2.47. The van der Waals surface area contributed by atoms with Gasteiger partial charge in [0.2, 0.25) is 5.91 Å². The van der Waals surface area contributed by atoms with Gasteiger partial charge in [0.25, 0.3) is 11.5 Å². The van der Waals surface area contributed by atoms with E-state index in [1.807, 2.05) is 27.0 Å². The number of nitrogens with zero attached hydrogens (tertiary/aromatic N) is 3. The fourth-order valence-electron chi connectivity index (χ4n) is 5.51. The second-order valence-electron chi connectivity index (χ2n) is 9.01. The van der Waals surface area contributed by atoms with Crippen molar-refractivity contribution < 1.29 is 9.59 Å². The lowest BCUT2D eigenvalue weighted by Crippen LogP contribution is -2.53. The van der Waals surface area contributed by atoms with E-state index in [1.165, 1.54) is 11.3 Å². The monoisotopic (exact) mass is 440 g/mol. The summed E-state index contributed by atoms with van der Waals surface area (Å²) in [4.78, 5) is 42.3. The van der Waals surface area contributed by atoms with Crippen molar-refractivity contribution in [2.45, 2.75) is 44.7 Å². The summed E-state index contributed by atoms with van der Waals surface area (Å²) >= 11 is 1.37. The van der Waals surface area contributed by atoms with Crippen LogP contribution in [0.15, 0.2) is 34.4 Å². The number of hydrogen-bond acceptors (Lipinski definition) is 5. The van der Waals surface area contributed by atoms with Crippen molar-refractivity contribution in [2.75, 3.05) is 31.5 Å². The Morgan fingerprint density at radius 1 is 1.10 bits per heavy atom. The Labute approximate surface area is 185 Å². The van der Waals surface area contributed by atoms with Crippen molar-refractivity contribution in [2.24, 2.45) is 5.92 Å². The number of piperidine rings is 2. The largest absolute Gasteiger partial charge is 0.343 e. The Morgan fingerprint density at radius 2 is 1.90 bits per heavy atom. The number of pyridine rings is 1. The number of rotatable bonds is 3. The SMILES string of the molecule is CC(=O)N1CCC(N2C[C@H]3C[C@H](C2)c2ccc(NC(=O)c4cccs4)c(=O)n2C3)CC1. The molecule has 2 saturated heterocycles. The highest BCUT2D eigenvalue weighted by atomic mass is 32.1. The van der Waals surface area contributed by atoms with Crippen LogP contribution in [-0.2, 0) is 11.3 Å². The molecule has 0 aliphatic carbocycles. The predicted molar refractivity (Wildman–Crippen MR) is 121 cm³/mol. The summed E-state index contributed by atoms with van der Waals surface area (Å²) < 4.78 is 1.89. The van der Waals surface area contributed by atoms with Crippen LogP contribution in [0.3, 0.4) is 0 Å². The molecule has 2 atom stereocenters. The van der Waals surface area contributed by atoms with E-state index in [9.17, 15) is 14.4 Å². The maximum atomic E-state index is 13.1. The number of nitrogens with one attached hydrogen (secondary N) is 1. The molecule has 0 unspecified atom stereocenters. The Hall–Kier alpha value is -2.45. The van der Waals surface area contributed by atoms with Crippen molar-refractivity contribution in [1.29, 1.82) is 0 Å². The van der Waals surface area contributed by atoms with Gasteiger partial charge in [0.15, 0.2) is 0 Å². The molecule has 2 aromatic rings. The number of likely N-dealkylation sites (tertiary alicyclic amines) is 2. The Bertz CT molecular complexity index is 1040. The predicted octanol–water partition coefficient (Wildman–Crippen LogP) is 2.59. The molecule has 2 fully saturated rings. The fourth-order valence-corrected chi connectivity index (χ4v) is 6.13. The first-order chi connectivity index (χ1) is 15.0. The average molecular weight is 441 g/mol. The van der Waals surface area contributed by atoms with Crippen molar-refractivity contribution in [3.8, 4) is 0 Å². The number of amides is 2. The van der Waals surface area contributed by atoms with E-state index < -0.39 is 0 Å². The smallest absolute Gasteiger partial charge is 0.274 e. The molecule has 31 heavy (non-hydrogen) atoms. The van der Waals surface area contributed by atoms with E-state index in [2.05, 4.69) is 10.2 Å². The first-order valence-electron chi connectivity index (χ1n) is 11.1. The van der Waals surface area contributed by atoms with E-state index >= 15 is 0 Å². The summed E-state index contributed by atoms with van der Waals surface area (Å²) in [5.41, 5.74) is 1.34. The highest BCUT2D eigenvalue weighted by molar-refractivity contribution is 7.12. The molecular formula is C23H28N4O3S. The van der Waals surface area contributed by atoms with Gasteiger partial charge in [-0.3, -0.25) is 19.3 Å². The first kappa shape index (κ1) is 20.5. The highest BCUT2D eigenvalue weighted by Gasteiger charge is 2.38. The number of anilines is 1. The summed E-state index contributed by atoms with van der Waals surface area (Å²) in [5, 5.41) is 4.65. The highest BCUT2D eigenvalue weighted by Crippen LogP contribution is 2.37. The normalized spacial score (nSPS) is 24.0. The van der Waals surface area contributed by atoms with Crippen LogP contribution in [-0.4, -0.2) is 58.4 Å². The van der Waals surface area contributed by atoms with Crippen molar-refractivity contribution >= 4 is 28.8 Å². The topological polar surface area (TPSA) is 74.7 Å². The zero-order chi connectivity index (χ0) is 21.5. The average Bonchev–Trinajstić information content (AvgIpc) is 3.31. The number of aromatic nitrogens is 1. The number of thiophene rings is 1. The van der Waals surface area contributed by atoms with Crippen LogP contribution in [0.4, 0.5) is 5.69 Å². The third kappa shape index (κ3) is 3.94. The van der Waals surface area contributed by atoms with Crippen LogP contribution in [0, 0.1) is 5.92 Å². The molecule has 5 heterocycles. The maximum Gasteiger partial charge on any atom is 0.274 e. The second kappa shape index (κ2) is 8.24. The quantitative estimate of drug-likeness (QED) is 0.796. The molecule has 0 radical (unpaired) electrons. The van der Waals surface area contributed by atoms with Crippen LogP contribution in [0.1, 0.15) is 47.5 Å². The molecule has 2 bridgehead atoms. The van der Waals surface area contributed by atoms with E-state index in [1.54, 1.807) is 19.1 Å². The summed E-state index contributed by atoms with van der Waals surface area (Å²) in [5.74, 6) is 0.724. The standard InChI is InChI=1S/C23H28N4O3S/c1-15(28)25-8-6-18(7-9-25)26-12-16-11-17(14-26)20-5-4-19(23(30)27(20)13-16)24-22(29)21-3-2-10-31-21/h2-5,10,16-18H,6-9,11-14H2,1H3,(H,24,29)/t16-,17-/m1/s1. The zero-order valence-corrected chi connectivity index (χ0v) is 18.6. The van der Waals surface area contributed by atoms with E-state index in [0.717, 1.165) is 51.1 Å². The summed E-state index contributed by atoms with van der Waals surface area (Å²) in [6, 6.07) is 7.90. The zero-order valence-electron chi connectivity index (χ0n) is 17.8. The van der Waals surface area contributed by atoms with Gasteiger partial charge in [0.1, 0.15) is 5.69 Å². The first-order valence-corrected chi connectivity index (χ1v) is 12.0. The molecular weight excluding hydrogens is 412 g/mol. The lowest BCUT2D eigenvalue weighted by atomic mass is 9.82. The number of fused-ring (bicyclic) bond motifs is 4. The van der Waals surface area contributed by atoms with Gasteiger partial charge in [-0.15, -0.1) is 11.3 Å². The number of carbonyl (C=O) groups is 2. The molecule has 0 spiro atoms.